The molecule has 64 valence electrons. The van der Waals surface area contributed by atoms with Crippen LogP contribution < -0.4 is 0 Å². The van der Waals surface area contributed by atoms with E-state index < -0.39 is 8.32 Å². The molecule has 0 radical (unpaired) electrons. The summed E-state index contributed by atoms with van der Waals surface area (Å²) in [6, 6.07) is 0. The van der Waals surface area contributed by atoms with Gasteiger partial charge in [0.1, 0.15) is 0 Å². The molecule has 0 unspecified atom stereocenters. The number of ketones is 1. The molecular weight excluding hydrogens is 156 g/mol. The lowest BCUT2D eigenvalue weighted by Crippen LogP contribution is -2.22. The zero-order chi connectivity index (χ0) is 9.07. The fraction of sp³-hybridized carbons (Fsp3) is 0.625. The summed E-state index contributed by atoms with van der Waals surface area (Å²) in [5.74, 6) is 0.0725. The van der Waals surface area contributed by atoms with Gasteiger partial charge in [-0.2, -0.15) is 0 Å². The first-order valence-electron chi connectivity index (χ1n) is 3.68. The summed E-state index contributed by atoms with van der Waals surface area (Å²) in [5, 5.41) is 0. The van der Waals surface area contributed by atoms with Gasteiger partial charge in [0.05, 0.1) is 6.26 Å². The van der Waals surface area contributed by atoms with Crippen LogP contribution in [0.15, 0.2) is 11.8 Å². The molecular formula is C8H16O2Si. The topological polar surface area (TPSA) is 26.3 Å². The van der Waals surface area contributed by atoms with Crippen LogP contribution in [0.25, 0.3) is 0 Å². The normalized spacial score (nSPS) is 13.0. The molecule has 0 aliphatic carbocycles. The summed E-state index contributed by atoms with van der Waals surface area (Å²) in [4.78, 5) is 10.7. The predicted molar refractivity (Wildman–Crippen MR) is 48.9 cm³/mol. The van der Waals surface area contributed by atoms with Gasteiger partial charge in [0.15, 0.2) is 5.78 Å². The van der Waals surface area contributed by atoms with Crippen LogP contribution >= 0.6 is 0 Å². The summed E-state index contributed by atoms with van der Waals surface area (Å²) in [6.45, 7) is 9.55. The monoisotopic (exact) mass is 172 g/mol. The van der Waals surface area contributed by atoms with Crippen LogP contribution in [0.1, 0.15) is 13.8 Å². The van der Waals surface area contributed by atoms with Crippen LogP contribution in [0.3, 0.4) is 0 Å². The average molecular weight is 172 g/mol. The zero-order valence-electron chi connectivity index (χ0n) is 7.89. The molecule has 0 aliphatic heterocycles. The molecule has 2 nitrogen and oxygen atoms in total. The van der Waals surface area contributed by atoms with Crippen molar-refractivity contribution in [2.75, 3.05) is 0 Å². The smallest absolute Gasteiger partial charge is 0.241 e. The van der Waals surface area contributed by atoms with Gasteiger partial charge < -0.3 is 4.43 Å². The van der Waals surface area contributed by atoms with E-state index in [1.165, 1.54) is 0 Å². The third-order valence-electron chi connectivity index (χ3n) is 1.14. The summed E-state index contributed by atoms with van der Waals surface area (Å²) in [7, 11) is -1.49. The maximum absolute atomic E-state index is 10.7. The SMILES string of the molecule is CC(=O)/C(C)=C/O[Si](C)(C)C. The molecule has 0 amide bonds. The van der Waals surface area contributed by atoms with Crippen LogP contribution in [0, 0.1) is 0 Å². The minimum Gasteiger partial charge on any atom is -0.549 e. The van der Waals surface area contributed by atoms with Crippen molar-refractivity contribution >= 4 is 14.1 Å². The van der Waals surface area contributed by atoms with E-state index in [-0.39, 0.29) is 5.78 Å². The largest absolute Gasteiger partial charge is 0.549 e. The lowest BCUT2D eigenvalue weighted by molar-refractivity contribution is -0.113. The second-order valence-corrected chi connectivity index (χ2v) is 8.05. The van der Waals surface area contributed by atoms with Crippen LogP contribution in [0.5, 0.6) is 0 Å². The van der Waals surface area contributed by atoms with Crippen LogP contribution in [-0.2, 0) is 9.22 Å². The second kappa shape index (κ2) is 3.71. The number of allylic oxidation sites excluding steroid dienone is 1. The molecule has 0 bridgehead atoms. The Bertz CT molecular complexity index is 177. The number of rotatable bonds is 3. The maximum atomic E-state index is 10.7. The Morgan fingerprint density at radius 3 is 2.00 bits per heavy atom. The highest BCUT2D eigenvalue weighted by atomic mass is 28.4. The number of Topliss-reactive ketones (excluding diaryl/α,β-unsaturated/α-hetero) is 1. The number of hydrogen-bond donors (Lipinski definition) is 0. The van der Waals surface area contributed by atoms with Gasteiger partial charge in [-0.25, -0.2) is 0 Å². The average Bonchev–Trinajstić information content (AvgIpc) is 1.80. The summed E-state index contributed by atoms with van der Waals surface area (Å²) >= 11 is 0. The van der Waals surface area contributed by atoms with Crippen molar-refractivity contribution in [1.29, 1.82) is 0 Å². The van der Waals surface area contributed by atoms with E-state index in [1.807, 2.05) is 0 Å². The second-order valence-electron chi connectivity index (χ2n) is 3.59. The van der Waals surface area contributed by atoms with Crippen molar-refractivity contribution in [1.82, 2.24) is 0 Å². The van der Waals surface area contributed by atoms with E-state index in [0.717, 1.165) is 0 Å². The quantitative estimate of drug-likeness (QED) is 0.371. The Morgan fingerprint density at radius 1 is 1.27 bits per heavy atom. The van der Waals surface area contributed by atoms with Crippen molar-refractivity contribution in [3.05, 3.63) is 11.8 Å². The van der Waals surface area contributed by atoms with Crippen LogP contribution in [0.4, 0.5) is 0 Å². The molecule has 11 heavy (non-hydrogen) atoms. The first-order valence-corrected chi connectivity index (χ1v) is 7.09. The first kappa shape index (κ1) is 10.4. The lowest BCUT2D eigenvalue weighted by Gasteiger charge is -2.15. The molecule has 0 spiro atoms. The molecule has 0 aromatic rings. The fourth-order valence-corrected chi connectivity index (χ4v) is 0.878. The molecule has 0 aromatic carbocycles. The Hall–Kier alpha value is -0.573. The highest BCUT2D eigenvalue weighted by Crippen LogP contribution is 2.05. The maximum Gasteiger partial charge on any atom is 0.241 e. The van der Waals surface area contributed by atoms with Gasteiger partial charge in [0.2, 0.25) is 8.32 Å². The zero-order valence-corrected chi connectivity index (χ0v) is 8.89. The number of carbonyl (C=O) groups is 1. The Kier molecular flexibility index (Phi) is 3.52. The molecule has 0 rings (SSSR count). The van der Waals surface area contributed by atoms with Gasteiger partial charge in [-0.1, -0.05) is 0 Å². The highest BCUT2D eigenvalue weighted by Gasteiger charge is 2.13. The highest BCUT2D eigenvalue weighted by molar-refractivity contribution is 6.69. The van der Waals surface area contributed by atoms with E-state index in [4.69, 9.17) is 4.43 Å². The Labute approximate surface area is 69.4 Å². The summed E-state index contributed by atoms with van der Waals surface area (Å²) in [6.07, 6.45) is 1.58. The van der Waals surface area contributed by atoms with E-state index in [0.29, 0.717) is 5.57 Å². The van der Waals surface area contributed by atoms with E-state index in [2.05, 4.69) is 19.6 Å². The molecule has 0 N–H and O–H groups in total. The molecule has 0 heterocycles. The van der Waals surface area contributed by atoms with Crippen LogP contribution in [0.2, 0.25) is 19.6 Å². The van der Waals surface area contributed by atoms with Gasteiger partial charge in [-0.15, -0.1) is 0 Å². The minimum absolute atomic E-state index is 0.0725. The van der Waals surface area contributed by atoms with Gasteiger partial charge in [-0.3, -0.25) is 4.79 Å². The standard InChI is InChI=1S/C8H16O2Si/c1-7(8(2)9)6-10-11(3,4)5/h6H,1-5H3/b7-6+. The fourth-order valence-electron chi connectivity index (χ4n) is 0.348. The Balaban J connectivity index is 4.04. The predicted octanol–water partition coefficient (Wildman–Crippen LogP) is 2.33. The van der Waals surface area contributed by atoms with E-state index in [9.17, 15) is 4.79 Å². The van der Waals surface area contributed by atoms with E-state index in [1.54, 1.807) is 20.1 Å². The molecule has 0 saturated carbocycles. The van der Waals surface area contributed by atoms with Crippen molar-refractivity contribution in [3.8, 4) is 0 Å². The lowest BCUT2D eigenvalue weighted by atomic mass is 10.2. The van der Waals surface area contributed by atoms with Crippen molar-refractivity contribution in [2.45, 2.75) is 33.5 Å². The van der Waals surface area contributed by atoms with Crippen LogP contribution in [-0.4, -0.2) is 14.1 Å². The molecule has 0 aromatic heterocycles. The molecule has 0 saturated heterocycles. The third-order valence-corrected chi connectivity index (χ3v) is 1.97. The van der Waals surface area contributed by atoms with Crippen molar-refractivity contribution in [2.24, 2.45) is 0 Å². The number of hydrogen-bond acceptors (Lipinski definition) is 2. The van der Waals surface area contributed by atoms with Gasteiger partial charge in [-0.05, 0) is 33.5 Å². The molecule has 0 fully saturated rings. The number of carbonyl (C=O) groups excluding carboxylic acids is 1. The Morgan fingerprint density at radius 2 is 1.73 bits per heavy atom. The van der Waals surface area contributed by atoms with Gasteiger partial charge >= 0.3 is 0 Å². The van der Waals surface area contributed by atoms with Gasteiger partial charge in [0, 0.05) is 5.57 Å². The summed E-state index contributed by atoms with van der Waals surface area (Å²) < 4.78 is 5.41. The summed E-state index contributed by atoms with van der Waals surface area (Å²) in [5.41, 5.74) is 0.687. The molecule has 0 aliphatic rings. The minimum atomic E-state index is -1.49. The van der Waals surface area contributed by atoms with Crippen molar-refractivity contribution < 1.29 is 9.22 Å². The molecule has 0 atom stereocenters. The third kappa shape index (κ3) is 5.85. The van der Waals surface area contributed by atoms with E-state index >= 15 is 0 Å². The van der Waals surface area contributed by atoms with Gasteiger partial charge in [0.25, 0.3) is 0 Å². The first-order chi connectivity index (χ1) is 4.83. The van der Waals surface area contributed by atoms with Crippen molar-refractivity contribution in [3.63, 3.8) is 0 Å². The molecule has 3 heteroatoms.